The summed E-state index contributed by atoms with van der Waals surface area (Å²) < 4.78 is 15.9. The standard InChI is InChI=1S/C32H45NO7/c1-21(12-9-10-16-33-30(37)38-8)26-19-25(34)27(29(36)40-26)28(35)22(2)32(6,7)20-23-13-11-14-24(18-23)39-17-15-31(3,4)5/h11,13-14,16,18-19,21-22,34H,9-10,12,15,17,20H2,1-8H3. The fourth-order valence-electron chi connectivity index (χ4n) is 4.29. The van der Waals surface area contributed by atoms with Gasteiger partial charge in [0.2, 0.25) is 0 Å². The molecule has 0 aliphatic rings. The molecule has 0 saturated carbocycles. The first-order valence-electron chi connectivity index (χ1n) is 13.9. The number of amides is 1. The molecule has 1 amide bonds. The van der Waals surface area contributed by atoms with E-state index in [0.29, 0.717) is 38.1 Å². The molecule has 8 heteroatoms. The molecule has 1 N–H and O–H groups in total. The molecule has 2 rings (SSSR count). The normalized spacial score (nSPS) is 13.7. The molecule has 0 spiro atoms. The third-order valence-corrected chi connectivity index (χ3v) is 7.27. The van der Waals surface area contributed by atoms with E-state index < -0.39 is 28.8 Å². The molecule has 1 heterocycles. The zero-order chi connectivity index (χ0) is 30.1. The number of Topliss-reactive ketones (excluding diaryl/α,β-unsaturated/α-hetero) is 1. The Hall–Kier alpha value is -3.42. The number of unbranched alkanes of at least 4 members (excludes halogenated alkanes) is 1. The van der Waals surface area contributed by atoms with Crippen LogP contribution in [0.4, 0.5) is 4.79 Å². The van der Waals surface area contributed by atoms with Crippen LogP contribution in [0.15, 0.2) is 44.5 Å². The van der Waals surface area contributed by atoms with E-state index in [9.17, 15) is 19.5 Å². The van der Waals surface area contributed by atoms with Gasteiger partial charge in [-0.1, -0.05) is 60.6 Å². The maximum atomic E-state index is 13.4. The Morgan fingerprint density at radius 2 is 1.82 bits per heavy atom. The number of nitrogens with zero attached hydrogens (tertiary/aromatic N) is 1. The van der Waals surface area contributed by atoms with E-state index in [4.69, 9.17) is 9.15 Å². The predicted molar refractivity (Wildman–Crippen MR) is 157 cm³/mol. The number of benzene rings is 1. The van der Waals surface area contributed by atoms with Crippen molar-refractivity contribution in [3.05, 3.63) is 57.6 Å². The highest BCUT2D eigenvalue weighted by molar-refractivity contribution is 6.00. The van der Waals surface area contributed by atoms with Gasteiger partial charge in [0, 0.05) is 24.1 Å². The number of ketones is 1. The Morgan fingerprint density at radius 3 is 2.45 bits per heavy atom. The van der Waals surface area contributed by atoms with E-state index >= 15 is 0 Å². The Bertz CT molecular complexity index is 1240. The first kappa shape index (κ1) is 32.8. The summed E-state index contributed by atoms with van der Waals surface area (Å²) in [6, 6.07) is 9.22. The molecule has 0 radical (unpaired) electrons. The number of methoxy groups -OCH3 is 1. The van der Waals surface area contributed by atoms with Crippen LogP contribution in [0.1, 0.15) is 102 Å². The molecule has 0 bridgehead atoms. The lowest BCUT2D eigenvalue weighted by atomic mass is 9.72. The lowest BCUT2D eigenvalue weighted by Gasteiger charge is -2.31. The number of rotatable bonds is 13. The molecule has 1 aromatic carbocycles. The van der Waals surface area contributed by atoms with Gasteiger partial charge in [0.25, 0.3) is 0 Å². The Labute approximate surface area is 237 Å². The molecule has 2 aromatic rings. The first-order valence-corrected chi connectivity index (χ1v) is 13.9. The first-order chi connectivity index (χ1) is 18.6. The minimum atomic E-state index is -0.837. The second kappa shape index (κ2) is 14.3. The van der Waals surface area contributed by atoms with Crippen molar-refractivity contribution in [2.75, 3.05) is 13.7 Å². The molecule has 8 nitrogen and oxygen atoms in total. The van der Waals surface area contributed by atoms with Gasteiger partial charge in [-0.05, 0) is 60.6 Å². The SMILES string of the molecule is COC(=O)N=CCCCC(C)c1cc(O)c(C(=O)C(C)C(C)(C)Cc2cccc(OCCC(C)(C)C)c2)c(=O)o1. The summed E-state index contributed by atoms with van der Waals surface area (Å²) in [4.78, 5) is 40.9. The topological polar surface area (TPSA) is 115 Å². The lowest BCUT2D eigenvalue weighted by molar-refractivity contribution is 0.0811. The van der Waals surface area contributed by atoms with Gasteiger partial charge >= 0.3 is 11.7 Å². The Balaban J connectivity index is 2.09. The number of hydrogen-bond donors (Lipinski definition) is 1. The van der Waals surface area contributed by atoms with E-state index in [1.165, 1.54) is 19.4 Å². The van der Waals surface area contributed by atoms with Gasteiger partial charge in [-0.15, -0.1) is 0 Å². The van der Waals surface area contributed by atoms with E-state index in [1.54, 1.807) is 6.92 Å². The van der Waals surface area contributed by atoms with Crippen LogP contribution < -0.4 is 10.4 Å². The smallest absolute Gasteiger partial charge is 0.432 e. The highest BCUT2D eigenvalue weighted by Gasteiger charge is 2.35. The van der Waals surface area contributed by atoms with E-state index in [1.807, 2.05) is 45.0 Å². The highest BCUT2D eigenvalue weighted by Crippen LogP contribution is 2.35. The van der Waals surface area contributed by atoms with Gasteiger partial charge in [-0.2, -0.15) is 4.99 Å². The molecular weight excluding hydrogens is 510 g/mol. The highest BCUT2D eigenvalue weighted by atomic mass is 16.5. The van der Waals surface area contributed by atoms with Crippen LogP contribution in [0.5, 0.6) is 11.5 Å². The zero-order valence-corrected chi connectivity index (χ0v) is 25.2. The van der Waals surface area contributed by atoms with Crippen LogP contribution >= 0.6 is 0 Å². The largest absolute Gasteiger partial charge is 0.507 e. The summed E-state index contributed by atoms with van der Waals surface area (Å²) >= 11 is 0. The van der Waals surface area contributed by atoms with E-state index in [0.717, 1.165) is 17.7 Å². The van der Waals surface area contributed by atoms with Gasteiger partial charge in [-0.3, -0.25) is 4.79 Å². The molecule has 220 valence electrons. The lowest BCUT2D eigenvalue weighted by Crippen LogP contribution is -2.33. The van der Waals surface area contributed by atoms with Crippen molar-refractivity contribution in [1.82, 2.24) is 0 Å². The molecule has 2 atom stereocenters. The van der Waals surface area contributed by atoms with Crippen LogP contribution in [0.2, 0.25) is 0 Å². The van der Waals surface area contributed by atoms with Gasteiger partial charge in [-0.25, -0.2) is 9.59 Å². The van der Waals surface area contributed by atoms with Crippen LogP contribution in [0, 0.1) is 16.7 Å². The Morgan fingerprint density at radius 1 is 1.12 bits per heavy atom. The minimum absolute atomic E-state index is 0.180. The van der Waals surface area contributed by atoms with Crippen molar-refractivity contribution < 1.29 is 28.6 Å². The summed E-state index contributed by atoms with van der Waals surface area (Å²) in [5.41, 5.74) is -0.462. The van der Waals surface area contributed by atoms with Gasteiger partial charge in [0.15, 0.2) is 5.78 Å². The molecule has 1 aromatic heterocycles. The number of carbonyl (C=O) groups excluding carboxylic acids is 2. The average molecular weight is 556 g/mol. The summed E-state index contributed by atoms with van der Waals surface area (Å²) in [7, 11) is 1.26. The monoisotopic (exact) mass is 555 g/mol. The van der Waals surface area contributed by atoms with E-state index in [-0.39, 0.29) is 22.6 Å². The quantitative estimate of drug-likeness (QED) is 0.156. The molecule has 0 aliphatic carbocycles. The summed E-state index contributed by atoms with van der Waals surface area (Å²) in [5.74, 6) is -0.473. The molecule has 0 fully saturated rings. The van der Waals surface area contributed by atoms with Crippen molar-refractivity contribution in [3.63, 3.8) is 0 Å². The van der Waals surface area contributed by atoms with Crippen molar-refractivity contribution in [2.24, 2.45) is 21.7 Å². The van der Waals surface area contributed by atoms with Gasteiger partial charge < -0.3 is 19.0 Å². The number of carbonyl (C=O) groups is 2. The van der Waals surface area contributed by atoms with Crippen LogP contribution in [0.3, 0.4) is 0 Å². The summed E-state index contributed by atoms with van der Waals surface area (Å²) in [6.07, 6.45) is 4.20. The predicted octanol–water partition coefficient (Wildman–Crippen LogP) is 7.36. The maximum absolute atomic E-state index is 13.4. The zero-order valence-electron chi connectivity index (χ0n) is 25.2. The minimum Gasteiger partial charge on any atom is -0.507 e. The number of ether oxygens (including phenoxy) is 2. The molecule has 40 heavy (non-hydrogen) atoms. The van der Waals surface area contributed by atoms with Crippen molar-refractivity contribution >= 4 is 18.1 Å². The number of aromatic hydroxyl groups is 1. The molecule has 2 unspecified atom stereocenters. The molecule has 0 saturated heterocycles. The number of hydrogen-bond acceptors (Lipinski definition) is 7. The molecule has 0 aliphatic heterocycles. The van der Waals surface area contributed by atoms with Gasteiger partial charge in [0.05, 0.1) is 13.7 Å². The fraction of sp³-hybridized carbons (Fsp3) is 0.562. The van der Waals surface area contributed by atoms with Crippen LogP contribution in [-0.2, 0) is 11.2 Å². The van der Waals surface area contributed by atoms with Crippen molar-refractivity contribution in [1.29, 1.82) is 0 Å². The van der Waals surface area contributed by atoms with Crippen LogP contribution in [-0.4, -0.2) is 36.9 Å². The maximum Gasteiger partial charge on any atom is 0.432 e. The summed E-state index contributed by atoms with van der Waals surface area (Å²) in [6.45, 7) is 14.7. The summed E-state index contributed by atoms with van der Waals surface area (Å²) in [5, 5.41) is 10.7. The Kier molecular flexibility index (Phi) is 11.7. The van der Waals surface area contributed by atoms with Crippen molar-refractivity contribution in [2.45, 2.75) is 86.5 Å². The molecular formula is C32H45NO7. The second-order valence-electron chi connectivity index (χ2n) is 12.4. The van der Waals surface area contributed by atoms with Gasteiger partial charge in [0.1, 0.15) is 22.8 Å². The number of aliphatic imine (C=N–C) groups is 1. The third-order valence-electron chi connectivity index (χ3n) is 7.27. The van der Waals surface area contributed by atoms with Crippen molar-refractivity contribution in [3.8, 4) is 11.5 Å². The van der Waals surface area contributed by atoms with E-state index in [2.05, 4.69) is 30.5 Å². The second-order valence-corrected chi connectivity index (χ2v) is 12.4. The average Bonchev–Trinajstić information content (AvgIpc) is 2.86. The third kappa shape index (κ3) is 9.96. The fourth-order valence-corrected chi connectivity index (χ4v) is 4.29. The van der Waals surface area contributed by atoms with Crippen LogP contribution in [0.25, 0.3) is 0 Å².